The molecule has 0 bridgehead atoms. The molecule has 5 nitrogen and oxygen atoms in total. The summed E-state index contributed by atoms with van der Waals surface area (Å²) in [5.41, 5.74) is 2.67. The second-order valence-electron chi connectivity index (χ2n) is 5.81. The van der Waals surface area contributed by atoms with E-state index in [9.17, 15) is 9.90 Å². The zero-order valence-electron chi connectivity index (χ0n) is 14.8. The molecule has 0 spiro atoms. The maximum Gasteiger partial charge on any atom is 0.242 e. The highest BCUT2D eigenvalue weighted by atomic mass is 16.5. The van der Waals surface area contributed by atoms with Crippen LogP contribution in [0.15, 0.2) is 48.5 Å². The quantitative estimate of drug-likeness (QED) is 0.655. The molecule has 2 aromatic carbocycles. The van der Waals surface area contributed by atoms with Gasteiger partial charge in [0.25, 0.3) is 0 Å². The van der Waals surface area contributed by atoms with Crippen LogP contribution in [0.1, 0.15) is 25.0 Å². The Hall–Kier alpha value is -2.53. The Balaban J connectivity index is 1.85. The number of rotatable bonds is 9. The van der Waals surface area contributed by atoms with Crippen LogP contribution in [0.2, 0.25) is 0 Å². The molecule has 0 aromatic heterocycles. The van der Waals surface area contributed by atoms with Gasteiger partial charge < -0.3 is 20.5 Å². The number of amides is 1. The van der Waals surface area contributed by atoms with Crippen LogP contribution in [0.25, 0.3) is 0 Å². The lowest BCUT2D eigenvalue weighted by Crippen LogP contribution is -2.38. The minimum atomic E-state index is -0.375. The highest BCUT2D eigenvalue weighted by Gasteiger charge is 2.13. The highest BCUT2D eigenvalue weighted by Crippen LogP contribution is 2.23. The molecule has 2 rings (SSSR count). The summed E-state index contributed by atoms with van der Waals surface area (Å²) in [6.07, 6.45) is 0.803. The fourth-order valence-electron chi connectivity index (χ4n) is 2.53. The number of ether oxygens (including phenoxy) is 1. The number of benzene rings is 2. The van der Waals surface area contributed by atoms with Gasteiger partial charge in [0, 0.05) is 17.8 Å². The van der Waals surface area contributed by atoms with Crippen LogP contribution in [0.5, 0.6) is 5.75 Å². The first-order chi connectivity index (χ1) is 12.1. The SMILES string of the molecule is CCOc1ccc(NC(C)C(=O)NCCc2ccccc2)cc1CO. The van der Waals surface area contributed by atoms with Crippen molar-refractivity contribution in [3.63, 3.8) is 0 Å². The summed E-state index contributed by atoms with van der Waals surface area (Å²) < 4.78 is 5.46. The Labute approximate surface area is 149 Å². The third-order valence-electron chi connectivity index (χ3n) is 3.86. The molecule has 25 heavy (non-hydrogen) atoms. The lowest BCUT2D eigenvalue weighted by Gasteiger charge is -2.17. The van der Waals surface area contributed by atoms with Crippen molar-refractivity contribution in [1.29, 1.82) is 0 Å². The van der Waals surface area contributed by atoms with Crippen molar-refractivity contribution >= 4 is 11.6 Å². The number of carbonyl (C=O) groups is 1. The zero-order chi connectivity index (χ0) is 18.1. The topological polar surface area (TPSA) is 70.6 Å². The van der Waals surface area contributed by atoms with Crippen LogP contribution < -0.4 is 15.4 Å². The normalized spacial score (nSPS) is 11.6. The first kappa shape index (κ1) is 18.8. The Morgan fingerprint density at radius 2 is 1.96 bits per heavy atom. The van der Waals surface area contributed by atoms with E-state index in [0.717, 1.165) is 12.1 Å². The third kappa shape index (κ3) is 5.80. The van der Waals surface area contributed by atoms with E-state index in [1.165, 1.54) is 5.56 Å². The predicted molar refractivity (Wildman–Crippen MR) is 99.8 cm³/mol. The van der Waals surface area contributed by atoms with Crippen LogP contribution in [-0.4, -0.2) is 30.2 Å². The van der Waals surface area contributed by atoms with Gasteiger partial charge in [0.1, 0.15) is 11.8 Å². The van der Waals surface area contributed by atoms with Crippen LogP contribution >= 0.6 is 0 Å². The van der Waals surface area contributed by atoms with Gasteiger partial charge in [-0.15, -0.1) is 0 Å². The summed E-state index contributed by atoms with van der Waals surface area (Å²) in [6.45, 7) is 4.74. The number of nitrogens with one attached hydrogen (secondary N) is 2. The summed E-state index contributed by atoms with van der Waals surface area (Å²) >= 11 is 0. The average Bonchev–Trinajstić information content (AvgIpc) is 2.63. The average molecular weight is 342 g/mol. The van der Waals surface area contributed by atoms with E-state index >= 15 is 0 Å². The van der Waals surface area contributed by atoms with Crippen LogP contribution in [0.4, 0.5) is 5.69 Å². The molecule has 0 saturated carbocycles. The van der Waals surface area contributed by atoms with E-state index in [4.69, 9.17) is 4.74 Å². The van der Waals surface area contributed by atoms with Gasteiger partial charge in [0.15, 0.2) is 0 Å². The monoisotopic (exact) mass is 342 g/mol. The molecule has 0 radical (unpaired) electrons. The standard InChI is InChI=1S/C20H26N2O3/c1-3-25-19-10-9-18(13-17(19)14-23)22-15(2)20(24)21-12-11-16-7-5-4-6-8-16/h4-10,13,15,22-23H,3,11-12,14H2,1-2H3,(H,21,24). The number of hydrogen-bond donors (Lipinski definition) is 3. The smallest absolute Gasteiger partial charge is 0.242 e. The van der Waals surface area contributed by atoms with Gasteiger partial charge in [-0.3, -0.25) is 4.79 Å². The maximum absolute atomic E-state index is 12.2. The Morgan fingerprint density at radius 1 is 1.20 bits per heavy atom. The molecule has 0 heterocycles. The van der Waals surface area contributed by atoms with E-state index in [-0.39, 0.29) is 18.6 Å². The van der Waals surface area contributed by atoms with Gasteiger partial charge in [-0.2, -0.15) is 0 Å². The van der Waals surface area contributed by atoms with Crippen molar-refractivity contribution in [1.82, 2.24) is 5.32 Å². The summed E-state index contributed by atoms with van der Waals surface area (Å²) in [4.78, 5) is 12.2. The number of aliphatic hydroxyl groups is 1. The van der Waals surface area contributed by atoms with Gasteiger partial charge in [-0.25, -0.2) is 0 Å². The summed E-state index contributed by atoms with van der Waals surface area (Å²) in [6, 6.07) is 15.1. The van der Waals surface area contributed by atoms with Crippen molar-refractivity contribution < 1.29 is 14.6 Å². The largest absolute Gasteiger partial charge is 0.494 e. The van der Waals surface area contributed by atoms with Gasteiger partial charge in [-0.05, 0) is 44.0 Å². The second-order valence-corrected chi connectivity index (χ2v) is 5.81. The van der Waals surface area contributed by atoms with Gasteiger partial charge in [-0.1, -0.05) is 30.3 Å². The first-order valence-electron chi connectivity index (χ1n) is 8.58. The second kappa shape index (κ2) is 9.69. The van der Waals surface area contributed by atoms with E-state index in [2.05, 4.69) is 10.6 Å². The molecule has 2 aromatic rings. The number of aliphatic hydroxyl groups excluding tert-OH is 1. The van der Waals surface area contributed by atoms with E-state index in [1.807, 2.05) is 50.2 Å². The van der Waals surface area contributed by atoms with Crippen LogP contribution in [-0.2, 0) is 17.8 Å². The lowest BCUT2D eigenvalue weighted by molar-refractivity contribution is -0.121. The first-order valence-corrected chi connectivity index (χ1v) is 8.58. The Morgan fingerprint density at radius 3 is 2.64 bits per heavy atom. The van der Waals surface area contributed by atoms with Crippen LogP contribution in [0, 0.1) is 0 Å². The Bertz CT molecular complexity index is 674. The van der Waals surface area contributed by atoms with Gasteiger partial charge in [0.05, 0.1) is 13.2 Å². The molecule has 0 saturated heterocycles. The highest BCUT2D eigenvalue weighted by molar-refractivity contribution is 5.84. The molecule has 0 aliphatic rings. The number of hydrogen-bond acceptors (Lipinski definition) is 4. The van der Waals surface area contributed by atoms with Crippen molar-refractivity contribution in [2.75, 3.05) is 18.5 Å². The molecule has 3 N–H and O–H groups in total. The molecule has 1 atom stereocenters. The molecule has 134 valence electrons. The number of carbonyl (C=O) groups excluding carboxylic acids is 1. The molecular formula is C20H26N2O3. The van der Waals surface area contributed by atoms with Crippen molar-refractivity contribution in [3.05, 3.63) is 59.7 Å². The molecule has 0 fully saturated rings. The van der Waals surface area contributed by atoms with E-state index in [1.54, 1.807) is 12.1 Å². The summed E-state index contributed by atoms with van der Waals surface area (Å²) in [5.74, 6) is 0.603. The lowest BCUT2D eigenvalue weighted by atomic mass is 10.1. The third-order valence-corrected chi connectivity index (χ3v) is 3.86. The molecule has 0 aliphatic heterocycles. The summed E-state index contributed by atoms with van der Waals surface area (Å²) in [5, 5.41) is 15.5. The fourth-order valence-corrected chi connectivity index (χ4v) is 2.53. The van der Waals surface area contributed by atoms with Gasteiger partial charge >= 0.3 is 0 Å². The number of anilines is 1. The maximum atomic E-state index is 12.2. The molecule has 1 amide bonds. The minimum Gasteiger partial charge on any atom is -0.494 e. The molecular weight excluding hydrogens is 316 g/mol. The molecule has 5 heteroatoms. The van der Waals surface area contributed by atoms with Crippen LogP contribution in [0.3, 0.4) is 0 Å². The summed E-state index contributed by atoms with van der Waals surface area (Å²) in [7, 11) is 0. The van der Waals surface area contributed by atoms with Crippen molar-refractivity contribution in [3.8, 4) is 5.75 Å². The van der Waals surface area contributed by atoms with Crippen molar-refractivity contribution in [2.45, 2.75) is 32.9 Å². The minimum absolute atomic E-state index is 0.0598. The molecule has 0 aliphatic carbocycles. The van der Waals surface area contributed by atoms with E-state index in [0.29, 0.717) is 24.5 Å². The van der Waals surface area contributed by atoms with Crippen molar-refractivity contribution in [2.24, 2.45) is 0 Å². The van der Waals surface area contributed by atoms with E-state index < -0.39 is 0 Å². The zero-order valence-corrected chi connectivity index (χ0v) is 14.8. The van der Waals surface area contributed by atoms with Gasteiger partial charge in [0.2, 0.25) is 5.91 Å². The Kier molecular flexibility index (Phi) is 7.29. The predicted octanol–water partition coefficient (Wildman–Crippen LogP) is 2.74. The molecule has 1 unspecified atom stereocenters. The fraction of sp³-hybridized carbons (Fsp3) is 0.350.